The first-order chi connectivity index (χ1) is 14.0. The number of esters is 1. The standard InChI is InChI=1S/C23H25NO5/c1-4-15(2)18-7-5-6-8-20(18)24-22(25)14-29-23(26)11-16-13-28-21-12-17(27-3)9-10-19(16)21/h5-10,12-13,15H,4,11,14H2,1-3H3,(H,24,25)/t15-/m0/s1. The van der Waals surface area contributed by atoms with Gasteiger partial charge >= 0.3 is 5.97 Å². The van der Waals surface area contributed by atoms with Gasteiger partial charge in [0.2, 0.25) is 0 Å². The van der Waals surface area contributed by atoms with E-state index in [0.717, 1.165) is 23.1 Å². The van der Waals surface area contributed by atoms with Crippen LogP contribution < -0.4 is 10.1 Å². The van der Waals surface area contributed by atoms with Gasteiger partial charge in [-0.15, -0.1) is 0 Å². The second kappa shape index (κ2) is 9.28. The molecule has 0 fully saturated rings. The lowest BCUT2D eigenvalue weighted by atomic mass is 9.97. The number of hydrogen-bond donors (Lipinski definition) is 1. The van der Waals surface area contributed by atoms with Crippen molar-refractivity contribution in [3.63, 3.8) is 0 Å². The normalized spacial score (nSPS) is 11.8. The molecule has 0 saturated heterocycles. The molecule has 1 N–H and O–H groups in total. The number of nitrogens with one attached hydrogen (secondary N) is 1. The van der Waals surface area contributed by atoms with Crippen LogP contribution in [0.25, 0.3) is 11.0 Å². The average molecular weight is 395 g/mol. The fourth-order valence-corrected chi connectivity index (χ4v) is 3.13. The fourth-order valence-electron chi connectivity index (χ4n) is 3.13. The van der Waals surface area contributed by atoms with Crippen molar-refractivity contribution in [3.8, 4) is 5.75 Å². The Labute approximate surface area is 169 Å². The summed E-state index contributed by atoms with van der Waals surface area (Å²) in [7, 11) is 1.58. The van der Waals surface area contributed by atoms with E-state index in [9.17, 15) is 9.59 Å². The van der Waals surface area contributed by atoms with E-state index in [0.29, 0.717) is 22.8 Å². The summed E-state index contributed by atoms with van der Waals surface area (Å²) < 4.78 is 15.8. The highest BCUT2D eigenvalue weighted by Gasteiger charge is 2.15. The molecule has 3 rings (SSSR count). The topological polar surface area (TPSA) is 77.8 Å². The van der Waals surface area contributed by atoms with Gasteiger partial charge in [0.15, 0.2) is 6.61 Å². The molecule has 1 aromatic heterocycles. The number of para-hydroxylation sites is 1. The lowest BCUT2D eigenvalue weighted by molar-refractivity contribution is -0.146. The molecule has 0 radical (unpaired) electrons. The van der Waals surface area contributed by atoms with Crippen LogP contribution in [0.3, 0.4) is 0 Å². The number of benzene rings is 2. The Morgan fingerprint density at radius 1 is 1.17 bits per heavy atom. The van der Waals surface area contributed by atoms with Crippen molar-refractivity contribution in [2.45, 2.75) is 32.6 Å². The summed E-state index contributed by atoms with van der Waals surface area (Å²) >= 11 is 0. The van der Waals surface area contributed by atoms with Crippen LogP contribution in [0.4, 0.5) is 5.69 Å². The van der Waals surface area contributed by atoms with Crippen molar-refractivity contribution < 1.29 is 23.5 Å². The van der Waals surface area contributed by atoms with Gasteiger partial charge in [0, 0.05) is 22.7 Å². The van der Waals surface area contributed by atoms with Crippen molar-refractivity contribution in [3.05, 3.63) is 59.9 Å². The van der Waals surface area contributed by atoms with Gasteiger partial charge in [0.05, 0.1) is 19.8 Å². The molecule has 0 aliphatic carbocycles. The molecule has 2 aromatic carbocycles. The molecule has 0 unspecified atom stereocenters. The molecule has 1 atom stereocenters. The highest BCUT2D eigenvalue weighted by atomic mass is 16.5. The summed E-state index contributed by atoms with van der Waals surface area (Å²) in [4.78, 5) is 24.4. The minimum Gasteiger partial charge on any atom is -0.497 e. The van der Waals surface area contributed by atoms with Crippen molar-refractivity contribution in [1.82, 2.24) is 0 Å². The van der Waals surface area contributed by atoms with Crippen molar-refractivity contribution >= 4 is 28.5 Å². The smallest absolute Gasteiger partial charge is 0.310 e. The third-order valence-electron chi connectivity index (χ3n) is 4.94. The first-order valence-corrected chi connectivity index (χ1v) is 9.60. The third-order valence-corrected chi connectivity index (χ3v) is 4.94. The van der Waals surface area contributed by atoms with Crippen LogP contribution in [0.5, 0.6) is 5.75 Å². The molecule has 0 saturated carbocycles. The zero-order chi connectivity index (χ0) is 20.8. The van der Waals surface area contributed by atoms with Gasteiger partial charge in [0.1, 0.15) is 11.3 Å². The predicted octanol–water partition coefficient (Wildman–Crippen LogP) is 4.68. The van der Waals surface area contributed by atoms with E-state index >= 15 is 0 Å². The largest absolute Gasteiger partial charge is 0.497 e. The van der Waals surface area contributed by atoms with E-state index in [-0.39, 0.29) is 18.9 Å². The van der Waals surface area contributed by atoms with Gasteiger partial charge in [-0.1, -0.05) is 32.0 Å². The maximum Gasteiger partial charge on any atom is 0.310 e. The van der Waals surface area contributed by atoms with E-state index in [1.54, 1.807) is 19.2 Å². The van der Waals surface area contributed by atoms with Crippen LogP contribution in [0, 0.1) is 0 Å². The molecule has 0 aliphatic rings. The molecule has 152 valence electrons. The minimum absolute atomic E-state index is 0.0239. The number of carbonyl (C=O) groups is 2. The third kappa shape index (κ3) is 4.96. The van der Waals surface area contributed by atoms with Crippen molar-refractivity contribution in [1.29, 1.82) is 0 Å². The molecule has 1 heterocycles. The van der Waals surface area contributed by atoms with Crippen molar-refractivity contribution in [2.75, 3.05) is 19.0 Å². The summed E-state index contributed by atoms with van der Waals surface area (Å²) in [5.74, 6) is 0.141. The van der Waals surface area contributed by atoms with Crippen LogP contribution in [0.2, 0.25) is 0 Å². The second-order valence-electron chi connectivity index (χ2n) is 6.91. The number of ether oxygens (including phenoxy) is 2. The number of hydrogen-bond acceptors (Lipinski definition) is 5. The molecule has 1 amide bonds. The summed E-state index contributed by atoms with van der Waals surface area (Å²) in [6.07, 6.45) is 2.51. The van der Waals surface area contributed by atoms with Crippen LogP contribution in [0.15, 0.2) is 53.1 Å². The Hall–Kier alpha value is -3.28. The quantitative estimate of drug-likeness (QED) is 0.561. The predicted molar refractivity (Wildman–Crippen MR) is 111 cm³/mol. The maximum absolute atomic E-state index is 12.2. The van der Waals surface area contributed by atoms with E-state index in [2.05, 4.69) is 19.2 Å². The summed E-state index contributed by atoms with van der Waals surface area (Å²) in [6, 6.07) is 13.1. The Morgan fingerprint density at radius 2 is 1.97 bits per heavy atom. The summed E-state index contributed by atoms with van der Waals surface area (Å²) in [5.41, 5.74) is 3.15. The molecule has 6 heteroatoms. The molecule has 29 heavy (non-hydrogen) atoms. The molecule has 6 nitrogen and oxygen atoms in total. The van der Waals surface area contributed by atoms with Crippen LogP contribution >= 0.6 is 0 Å². The molecular weight excluding hydrogens is 370 g/mol. The lowest BCUT2D eigenvalue weighted by Crippen LogP contribution is -2.22. The van der Waals surface area contributed by atoms with E-state index in [1.807, 2.05) is 30.3 Å². The van der Waals surface area contributed by atoms with Crippen LogP contribution in [-0.2, 0) is 20.7 Å². The highest BCUT2D eigenvalue weighted by molar-refractivity contribution is 5.94. The van der Waals surface area contributed by atoms with E-state index in [1.165, 1.54) is 6.26 Å². The maximum atomic E-state index is 12.2. The molecule has 0 aliphatic heterocycles. The number of furan rings is 1. The fraction of sp³-hybridized carbons (Fsp3) is 0.304. The number of carbonyl (C=O) groups excluding carboxylic acids is 2. The minimum atomic E-state index is -0.492. The molecular formula is C23H25NO5. The Morgan fingerprint density at radius 3 is 2.72 bits per heavy atom. The summed E-state index contributed by atoms with van der Waals surface area (Å²) in [5, 5.41) is 3.65. The van der Waals surface area contributed by atoms with Gasteiger partial charge in [-0.25, -0.2) is 0 Å². The van der Waals surface area contributed by atoms with Gasteiger partial charge in [0.25, 0.3) is 5.91 Å². The molecule has 0 spiro atoms. The molecule has 3 aromatic rings. The average Bonchev–Trinajstić information content (AvgIpc) is 3.13. The van der Waals surface area contributed by atoms with Gasteiger partial charge < -0.3 is 19.2 Å². The molecule has 0 bridgehead atoms. The number of amides is 1. The monoisotopic (exact) mass is 395 g/mol. The van der Waals surface area contributed by atoms with Crippen molar-refractivity contribution in [2.24, 2.45) is 0 Å². The Balaban J connectivity index is 1.57. The lowest BCUT2D eigenvalue weighted by Gasteiger charge is -2.15. The van der Waals surface area contributed by atoms with Crippen LogP contribution in [-0.4, -0.2) is 25.6 Å². The second-order valence-corrected chi connectivity index (χ2v) is 6.91. The first kappa shape index (κ1) is 20.5. The Bertz CT molecular complexity index is 1010. The highest BCUT2D eigenvalue weighted by Crippen LogP contribution is 2.27. The zero-order valence-corrected chi connectivity index (χ0v) is 16.9. The summed E-state index contributed by atoms with van der Waals surface area (Å²) in [6.45, 7) is 3.87. The van der Waals surface area contributed by atoms with Gasteiger partial charge in [-0.05, 0) is 36.1 Å². The van der Waals surface area contributed by atoms with Gasteiger partial charge in [-0.3, -0.25) is 9.59 Å². The van der Waals surface area contributed by atoms with Crippen LogP contribution in [0.1, 0.15) is 37.3 Å². The van der Waals surface area contributed by atoms with E-state index < -0.39 is 5.97 Å². The number of fused-ring (bicyclic) bond motifs is 1. The Kier molecular flexibility index (Phi) is 6.54. The number of methoxy groups -OCH3 is 1. The first-order valence-electron chi connectivity index (χ1n) is 9.60. The number of rotatable bonds is 8. The van der Waals surface area contributed by atoms with E-state index in [4.69, 9.17) is 13.9 Å². The van der Waals surface area contributed by atoms with Gasteiger partial charge in [-0.2, -0.15) is 0 Å². The number of anilines is 1. The zero-order valence-electron chi connectivity index (χ0n) is 16.9. The SMILES string of the molecule is CC[C@H](C)c1ccccc1NC(=O)COC(=O)Cc1coc2cc(OC)ccc12.